The van der Waals surface area contributed by atoms with Gasteiger partial charge in [0.05, 0.1) is 0 Å². The summed E-state index contributed by atoms with van der Waals surface area (Å²) in [5.41, 5.74) is 1.16. The maximum absolute atomic E-state index is 12.2. The van der Waals surface area contributed by atoms with E-state index in [1.807, 2.05) is 45.0 Å². The molecule has 0 aliphatic rings. The topological polar surface area (TPSA) is 58.2 Å². The van der Waals surface area contributed by atoms with Gasteiger partial charge in [-0.15, -0.1) is 0 Å². The standard InChI is InChI=1S/C16H23BrN2O2/c1-10(2)15(19-12(4)20)16(21)18-11(3)9-13-5-7-14(17)8-6-13/h5-8,10-11,15H,9H2,1-4H3,(H,18,21)(H,19,20)/t11-,15-/m1/s1. The van der Waals surface area contributed by atoms with Crippen molar-refractivity contribution in [1.82, 2.24) is 10.6 Å². The van der Waals surface area contributed by atoms with E-state index < -0.39 is 6.04 Å². The fourth-order valence-electron chi connectivity index (χ4n) is 2.11. The summed E-state index contributed by atoms with van der Waals surface area (Å²) in [4.78, 5) is 23.4. The van der Waals surface area contributed by atoms with Crippen LogP contribution in [0, 0.1) is 5.92 Å². The minimum atomic E-state index is -0.491. The van der Waals surface area contributed by atoms with Gasteiger partial charge >= 0.3 is 0 Å². The van der Waals surface area contributed by atoms with Crippen molar-refractivity contribution in [3.63, 3.8) is 0 Å². The summed E-state index contributed by atoms with van der Waals surface area (Å²) < 4.78 is 1.04. The van der Waals surface area contributed by atoms with Crippen molar-refractivity contribution in [1.29, 1.82) is 0 Å². The third-order valence-electron chi connectivity index (χ3n) is 3.15. The summed E-state index contributed by atoms with van der Waals surface area (Å²) >= 11 is 3.40. The lowest BCUT2D eigenvalue weighted by molar-refractivity contribution is -0.129. The van der Waals surface area contributed by atoms with Gasteiger partial charge in [0, 0.05) is 17.4 Å². The van der Waals surface area contributed by atoms with Crippen LogP contribution >= 0.6 is 15.9 Å². The number of carbonyl (C=O) groups is 2. The van der Waals surface area contributed by atoms with Gasteiger partial charge in [0.25, 0.3) is 0 Å². The van der Waals surface area contributed by atoms with Crippen LogP contribution in [0.5, 0.6) is 0 Å². The van der Waals surface area contributed by atoms with Crippen LogP contribution in [0.15, 0.2) is 28.7 Å². The molecule has 0 aliphatic carbocycles. The lowest BCUT2D eigenvalue weighted by Gasteiger charge is -2.23. The first-order chi connectivity index (χ1) is 9.79. The summed E-state index contributed by atoms with van der Waals surface area (Å²) in [6, 6.07) is 7.54. The Morgan fingerprint density at radius 3 is 2.14 bits per heavy atom. The van der Waals surface area contributed by atoms with Crippen LogP contribution in [0.3, 0.4) is 0 Å². The Bertz CT molecular complexity index is 486. The molecule has 1 aromatic rings. The van der Waals surface area contributed by atoms with E-state index in [9.17, 15) is 9.59 Å². The van der Waals surface area contributed by atoms with E-state index >= 15 is 0 Å². The number of hydrogen-bond acceptors (Lipinski definition) is 2. The average Bonchev–Trinajstić information content (AvgIpc) is 2.38. The Balaban J connectivity index is 2.59. The Hall–Kier alpha value is -1.36. The zero-order valence-corrected chi connectivity index (χ0v) is 14.5. The average molecular weight is 355 g/mol. The van der Waals surface area contributed by atoms with Crippen molar-refractivity contribution in [3.8, 4) is 0 Å². The smallest absolute Gasteiger partial charge is 0.243 e. The molecule has 0 bridgehead atoms. The van der Waals surface area contributed by atoms with Crippen molar-refractivity contribution < 1.29 is 9.59 Å². The summed E-state index contributed by atoms with van der Waals surface area (Å²) in [5.74, 6) is -0.275. The van der Waals surface area contributed by atoms with E-state index in [1.165, 1.54) is 6.92 Å². The van der Waals surface area contributed by atoms with E-state index in [0.717, 1.165) is 16.5 Å². The van der Waals surface area contributed by atoms with Gasteiger partial charge in [-0.2, -0.15) is 0 Å². The first-order valence-corrected chi connectivity index (χ1v) is 7.90. The molecule has 5 heteroatoms. The van der Waals surface area contributed by atoms with Crippen LogP contribution < -0.4 is 10.6 Å². The van der Waals surface area contributed by atoms with Crippen molar-refractivity contribution >= 4 is 27.7 Å². The highest BCUT2D eigenvalue weighted by Gasteiger charge is 2.23. The van der Waals surface area contributed by atoms with Crippen LogP contribution in [-0.4, -0.2) is 23.9 Å². The van der Waals surface area contributed by atoms with Crippen LogP contribution in [0.4, 0.5) is 0 Å². The second-order valence-corrected chi connectivity index (χ2v) is 6.58. The number of nitrogens with one attached hydrogen (secondary N) is 2. The molecular formula is C16H23BrN2O2. The molecule has 1 aromatic carbocycles. The van der Waals surface area contributed by atoms with Crippen LogP contribution in [0.1, 0.15) is 33.3 Å². The first kappa shape index (κ1) is 17.7. The predicted molar refractivity (Wildman–Crippen MR) is 87.9 cm³/mol. The molecule has 0 spiro atoms. The minimum Gasteiger partial charge on any atom is -0.352 e. The molecule has 0 heterocycles. The predicted octanol–water partition coefficient (Wildman–Crippen LogP) is 2.66. The molecule has 2 amide bonds. The van der Waals surface area contributed by atoms with Gasteiger partial charge in [0.1, 0.15) is 6.04 Å². The van der Waals surface area contributed by atoms with Gasteiger partial charge < -0.3 is 10.6 Å². The summed E-state index contributed by atoms with van der Waals surface area (Å²) in [7, 11) is 0. The Kier molecular flexibility index (Phi) is 6.89. The second kappa shape index (κ2) is 8.17. The maximum Gasteiger partial charge on any atom is 0.243 e. The quantitative estimate of drug-likeness (QED) is 0.824. The Morgan fingerprint density at radius 2 is 1.67 bits per heavy atom. The van der Waals surface area contributed by atoms with Crippen molar-refractivity contribution in [2.24, 2.45) is 5.92 Å². The molecule has 0 radical (unpaired) electrons. The molecule has 0 fully saturated rings. The summed E-state index contributed by atoms with van der Waals surface area (Å²) in [5, 5.41) is 5.66. The van der Waals surface area contributed by atoms with Gasteiger partial charge in [-0.05, 0) is 37.0 Å². The van der Waals surface area contributed by atoms with Crippen molar-refractivity contribution in [2.75, 3.05) is 0 Å². The molecule has 0 saturated carbocycles. The fourth-order valence-corrected chi connectivity index (χ4v) is 2.38. The van der Waals surface area contributed by atoms with E-state index in [4.69, 9.17) is 0 Å². The molecule has 116 valence electrons. The van der Waals surface area contributed by atoms with Crippen molar-refractivity contribution in [2.45, 2.75) is 46.2 Å². The molecule has 1 rings (SSSR count). The monoisotopic (exact) mass is 354 g/mol. The molecule has 0 saturated heterocycles. The maximum atomic E-state index is 12.2. The lowest BCUT2D eigenvalue weighted by atomic mass is 10.0. The number of hydrogen-bond donors (Lipinski definition) is 2. The molecular weight excluding hydrogens is 332 g/mol. The number of halogens is 1. The normalized spacial score (nSPS) is 13.6. The fraction of sp³-hybridized carbons (Fsp3) is 0.500. The molecule has 4 nitrogen and oxygen atoms in total. The highest BCUT2D eigenvalue weighted by molar-refractivity contribution is 9.10. The summed E-state index contributed by atoms with van der Waals surface area (Å²) in [6.45, 7) is 7.22. The first-order valence-electron chi connectivity index (χ1n) is 7.11. The SMILES string of the molecule is CC(=O)N[C@@H](C(=O)N[C@H](C)Cc1ccc(Br)cc1)C(C)C. The van der Waals surface area contributed by atoms with E-state index in [1.54, 1.807) is 0 Å². The number of rotatable bonds is 6. The third-order valence-corrected chi connectivity index (χ3v) is 3.68. The Morgan fingerprint density at radius 1 is 1.10 bits per heavy atom. The number of carbonyl (C=O) groups excluding carboxylic acids is 2. The molecule has 2 atom stereocenters. The van der Waals surface area contributed by atoms with Gasteiger partial charge in [-0.25, -0.2) is 0 Å². The lowest BCUT2D eigenvalue weighted by Crippen LogP contribution is -2.51. The largest absolute Gasteiger partial charge is 0.352 e. The molecule has 0 aliphatic heterocycles. The van der Waals surface area contributed by atoms with Crippen LogP contribution in [0.25, 0.3) is 0 Å². The third kappa shape index (κ3) is 6.29. The molecule has 21 heavy (non-hydrogen) atoms. The van der Waals surface area contributed by atoms with Gasteiger partial charge in [0.15, 0.2) is 0 Å². The van der Waals surface area contributed by atoms with E-state index in [-0.39, 0.29) is 23.8 Å². The highest BCUT2D eigenvalue weighted by atomic mass is 79.9. The number of amides is 2. The zero-order valence-electron chi connectivity index (χ0n) is 12.9. The van der Waals surface area contributed by atoms with Gasteiger partial charge in [0.2, 0.25) is 11.8 Å². The van der Waals surface area contributed by atoms with Crippen LogP contribution in [-0.2, 0) is 16.0 Å². The highest BCUT2D eigenvalue weighted by Crippen LogP contribution is 2.12. The minimum absolute atomic E-state index is 0.00804. The second-order valence-electron chi connectivity index (χ2n) is 5.66. The molecule has 2 N–H and O–H groups in total. The van der Waals surface area contributed by atoms with Crippen LogP contribution in [0.2, 0.25) is 0 Å². The van der Waals surface area contributed by atoms with Gasteiger partial charge in [-0.3, -0.25) is 9.59 Å². The summed E-state index contributed by atoms with van der Waals surface area (Å²) in [6.07, 6.45) is 0.754. The zero-order chi connectivity index (χ0) is 16.0. The van der Waals surface area contributed by atoms with E-state index in [2.05, 4.69) is 26.6 Å². The molecule has 0 aromatic heterocycles. The Labute approximate surface area is 134 Å². The van der Waals surface area contributed by atoms with Gasteiger partial charge in [-0.1, -0.05) is 41.9 Å². The van der Waals surface area contributed by atoms with Crippen molar-refractivity contribution in [3.05, 3.63) is 34.3 Å². The van der Waals surface area contributed by atoms with E-state index in [0.29, 0.717) is 0 Å². The number of benzene rings is 1. The molecule has 0 unspecified atom stereocenters.